The molecule has 1 aromatic rings. The number of likely N-dealkylation sites (tertiary alicyclic amines) is 1. The minimum Gasteiger partial charge on any atom is -0.337 e. The molecule has 0 bridgehead atoms. The van der Waals surface area contributed by atoms with Gasteiger partial charge in [-0.1, -0.05) is 13.8 Å². The minimum atomic E-state index is 0.0662. The lowest BCUT2D eigenvalue weighted by Gasteiger charge is -2.24. The number of amides is 1. The van der Waals surface area contributed by atoms with Gasteiger partial charge >= 0.3 is 0 Å². The fourth-order valence-electron chi connectivity index (χ4n) is 3.14. The zero-order valence-electron chi connectivity index (χ0n) is 12.2. The Kier molecular flexibility index (Phi) is 3.70. The highest BCUT2D eigenvalue weighted by Gasteiger charge is 2.36. The van der Waals surface area contributed by atoms with Crippen molar-refractivity contribution in [3.63, 3.8) is 0 Å². The molecule has 5 heteroatoms. The molecule has 1 amide bonds. The van der Waals surface area contributed by atoms with Crippen molar-refractivity contribution in [1.29, 1.82) is 0 Å². The van der Waals surface area contributed by atoms with Crippen LogP contribution in [0.4, 0.5) is 0 Å². The largest absolute Gasteiger partial charge is 0.337 e. The van der Waals surface area contributed by atoms with Crippen LogP contribution in [0.5, 0.6) is 0 Å². The molecule has 2 atom stereocenters. The normalized spacial score (nSPS) is 25.9. The average molecular weight is 274 g/mol. The number of hydrogen-bond donors (Lipinski definition) is 1. The monoisotopic (exact) mass is 274 g/mol. The van der Waals surface area contributed by atoms with Gasteiger partial charge in [-0.05, 0) is 25.3 Å². The number of rotatable bonds is 2. The summed E-state index contributed by atoms with van der Waals surface area (Å²) in [6.45, 7) is 6.86. The molecular formula is C15H22N4O. The molecule has 5 nitrogen and oxygen atoms in total. The summed E-state index contributed by atoms with van der Waals surface area (Å²) < 4.78 is 0. The molecule has 0 saturated carbocycles. The number of aromatic nitrogens is 2. The van der Waals surface area contributed by atoms with Crippen molar-refractivity contribution < 1.29 is 4.79 Å². The highest BCUT2D eigenvalue weighted by molar-refractivity contribution is 5.93. The molecule has 0 radical (unpaired) electrons. The van der Waals surface area contributed by atoms with Crippen LogP contribution < -0.4 is 5.32 Å². The number of hydrogen-bond acceptors (Lipinski definition) is 4. The van der Waals surface area contributed by atoms with Gasteiger partial charge < -0.3 is 10.2 Å². The quantitative estimate of drug-likeness (QED) is 0.886. The summed E-state index contributed by atoms with van der Waals surface area (Å²) in [4.78, 5) is 23.0. The van der Waals surface area contributed by atoms with Crippen LogP contribution in [0.3, 0.4) is 0 Å². The Hall–Kier alpha value is -1.49. The Morgan fingerprint density at radius 3 is 2.75 bits per heavy atom. The SMILES string of the molecule is CC(C)c1ncc(C(=O)N2C[C@@H]3CCCN[C@@H]3C2)cn1. The number of carbonyl (C=O) groups is 1. The van der Waals surface area contributed by atoms with Gasteiger partial charge in [0.15, 0.2) is 0 Å². The Labute approximate surface area is 119 Å². The Balaban J connectivity index is 1.69. The Bertz CT molecular complexity index is 471. The zero-order chi connectivity index (χ0) is 14.1. The van der Waals surface area contributed by atoms with Crippen LogP contribution in [-0.4, -0.2) is 46.5 Å². The molecular weight excluding hydrogens is 252 g/mol. The van der Waals surface area contributed by atoms with E-state index in [1.165, 1.54) is 12.8 Å². The molecule has 0 spiro atoms. The van der Waals surface area contributed by atoms with Gasteiger partial charge in [0.25, 0.3) is 5.91 Å². The van der Waals surface area contributed by atoms with Crippen molar-refractivity contribution in [3.8, 4) is 0 Å². The first-order valence-corrected chi connectivity index (χ1v) is 7.49. The molecule has 2 aliphatic heterocycles. The van der Waals surface area contributed by atoms with Crippen LogP contribution in [0.1, 0.15) is 48.8 Å². The van der Waals surface area contributed by atoms with Crippen LogP contribution in [0, 0.1) is 5.92 Å². The maximum absolute atomic E-state index is 12.5. The second-order valence-corrected chi connectivity index (χ2v) is 6.16. The predicted molar refractivity (Wildman–Crippen MR) is 76.5 cm³/mol. The molecule has 2 fully saturated rings. The fourth-order valence-corrected chi connectivity index (χ4v) is 3.14. The molecule has 0 aliphatic carbocycles. The smallest absolute Gasteiger partial charge is 0.257 e. The van der Waals surface area contributed by atoms with Crippen molar-refractivity contribution in [2.75, 3.05) is 19.6 Å². The third-order valence-corrected chi connectivity index (χ3v) is 4.32. The lowest BCUT2D eigenvalue weighted by molar-refractivity contribution is 0.0784. The first kappa shape index (κ1) is 13.5. The van der Waals surface area contributed by atoms with E-state index in [2.05, 4.69) is 15.3 Å². The number of fused-ring (bicyclic) bond motifs is 1. The van der Waals surface area contributed by atoms with Gasteiger partial charge in [-0.2, -0.15) is 0 Å². The third kappa shape index (κ3) is 2.54. The first-order chi connectivity index (χ1) is 9.65. The maximum Gasteiger partial charge on any atom is 0.257 e. The lowest BCUT2D eigenvalue weighted by atomic mass is 9.94. The van der Waals surface area contributed by atoms with Crippen LogP contribution in [0.25, 0.3) is 0 Å². The van der Waals surface area contributed by atoms with Crippen molar-refractivity contribution in [2.24, 2.45) is 5.92 Å². The average Bonchev–Trinajstić information content (AvgIpc) is 2.90. The zero-order valence-corrected chi connectivity index (χ0v) is 12.2. The van der Waals surface area contributed by atoms with Crippen molar-refractivity contribution in [1.82, 2.24) is 20.2 Å². The number of piperidine rings is 1. The van der Waals surface area contributed by atoms with E-state index in [0.29, 0.717) is 17.5 Å². The summed E-state index contributed by atoms with van der Waals surface area (Å²) in [6.07, 6.45) is 5.78. The van der Waals surface area contributed by atoms with Gasteiger partial charge in [0.2, 0.25) is 0 Å². The number of carbonyl (C=O) groups excluding carboxylic acids is 1. The van der Waals surface area contributed by atoms with Crippen LogP contribution in [0.15, 0.2) is 12.4 Å². The molecule has 1 N–H and O–H groups in total. The van der Waals surface area contributed by atoms with Crippen LogP contribution >= 0.6 is 0 Å². The van der Waals surface area contributed by atoms with Crippen LogP contribution in [-0.2, 0) is 0 Å². The molecule has 20 heavy (non-hydrogen) atoms. The maximum atomic E-state index is 12.5. The standard InChI is InChI=1S/C15H22N4O/c1-10(2)14-17-6-12(7-18-14)15(20)19-8-11-4-3-5-16-13(11)9-19/h6-7,10-11,13,16H,3-5,8-9H2,1-2H3/t11-,13+/m0/s1. The summed E-state index contributed by atoms with van der Waals surface area (Å²) in [6, 6.07) is 0.476. The van der Waals surface area contributed by atoms with Crippen molar-refractivity contribution in [3.05, 3.63) is 23.8 Å². The summed E-state index contributed by atoms with van der Waals surface area (Å²) in [7, 11) is 0. The van der Waals surface area contributed by atoms with E-state index in [-0.39, 0.29) is 11.8 Å². The van der Waals surface area contributed by atoms with Gasteiger partial charge in [0.1, 0.15) is 5.82 Å². The molecule has 0 unspecified atom stereocenters. The summed E-state index contributed by atoms with van der Waals surface area (Å²) >= 11 is 0. The highest BCUT2D eigenvalue weighted by atomic mass is 16.2. The van der Waals surface area contributed by atoms with E-state index in [4.69, 9.17) is 0 Å². The predicted octanol–water partition coefficient (Wildman–Crippen LogP) is 1.42. The van der Waals surface area contributed by atoms with Gasteiger partial charge in [-0.25, -0.2) is 9.97 Å². The topological polar surface area (TPSA) is 58.1 Å². The summed E-state index contributed by atoms with van der Waals surface area (Å²) in [5.74, 6) is 1.76. The molecule has 1 aromatic heterocycles. The summed E-state index contributed by atoms with van der Waals surface area (Å²) in [5.41, 5.74) is 0.605. The summed E-state index contributed by atoms with van der Waals surface area (Å²) in [5, 5.41) is 3.52. The molecule has 3 heterocycles. The van der Waals surface area contributed by atoms with Crippen molar-refractivity contribution >= 4 is 5.91 Å². The molecule has 2 aliphatic rings. The first-order valence-electron chi connectivity index (χ1n) is 7.49. The van der Waals surface area contributed by atoms with Gasteiger partial charge in [-0.15, -0.1) is 0 Å². The third-order valence-electron chi connectivity index (χ3n) is 4.32. The van der Waals surface area contributed by atoms with E-state index in [9.17, 15) is 4.79 Å². The van der Waals surface area contributed by atoms with Crippen molar-refractivity contribution in [2.45, 2.75) is 38.6 Å². The number of nitrogens with zero attached hydrogens (tertiary/aromatic N) is 3. The second kappa shape index (κ2) is 5.48. The molecule has 108 valence electrons. The van der Waals surface area contributed by atoms with E-state index < -0.39 is 0 Å². The molecule has 3 rings (SSSR count). The molecule has 2 saturated heterocycles. The lowest BCUT2D eigenvalue weighted by Crippen LogP contribution is -2.41. The Morgan fingerprint density at radius 2 is 2.10 bits per heavy atom. The second-order valence-electron chi connectivity index (χ2n) is 6.16. The van der Waals surface area contributed by atoms with E-state index in [0.717, 1.165) is 25.5 Å². The Morgan fingerprint density at radius 1 is 1.35 bits per heavy atom. The van der Waals surface area contributed by atoms with Gasteiger partial charge in [-0.3, -0.25) is 4.79 Å². The fraction of sp³-hybridized carbons (Fsp3) is 0.667. The van der Waals surface area contributed by atoms with E-state index in [1.54, 1.807) is 12.4 Å². The van der Waals surface area contributed by atoms with E-state index >= 15 is 0 Å². The van der Waals surface area contributed by atoms with Gasteiger partial charge in [0.05, 0.1) is 5.56 Å². The van der Waals surface area contributed by atoms with E-state index in [1.807, 2.05) is 18.7 Å². The minimum absolute atomic E-state index is 0.0662. The molecule has 0 aromatic carbocycles. The van der Waals surface area contributed by atoms with Crippen LogP contribution in [0.2, 0.25) is 0 Å². The highest BCUT2D eigenvalue weighted by Crippen LogP contribution is 2.25. The van der Waals surface area contributed by atoms with Gasteiger partial charge in [0, 0.05) is 37.4 Å². The number of nitrogens with one attached hydrogen (secondary N) is 1.